The van der Waals surface area contributed by atoms with Crippen molar-refractivity contribution in [2.75, 3.05) is 12.4 Å². The van der Waals surface area contributed by atoms with Crippen molar-refractivity contribution in [3.8, 4) is 16.9 Å². The van der Waals surface area contributed by atoms with Gasteiger partial charge < -0.3 is 14.4 Å². The molecule has 0 atom stereocenters. The summed E-state index contributed by atoms with van der Waals surface area (Å²) in [6.45, 7) is 4.82. The third kappa shape index (κ3) is 5.85. The number of hydrogen-bond acceptors (Lipinski definition) is 5. The van der Waals surface area contributed by atoms with Crippen LogP contribution in [0.5, 0.6) is 5.75 Å². The molecule has 0 amide bonds. The molecule has 6 bridgehead atoms. The van der Waals surface area contributed by atoms with Gasteiger partial charge in [0.25, 0.3) is 0 Å². The number of halogens is 2. The van der Waals surface area contributed by atoms with Crippen molar-refractivity contribution in [3.05, 3.63) is 99.0 Å². The molecule has 248 valence electrons. The van der Waals surface area contributed by atoms with Crippen LogP contribution in [0.1, 0.15) is 50.8 Å². The number of aromatic carboxylic acids is 1. The van der Waals surface area contributed by atoms with E-state index < -0.39 is 5.97 Å². The van der Waals surface area contributed by atoms with Crippen LogP contribution in [-0.4, -0.2) is 47.6 Å². The minimum atomic E-state index is -0.977. The molecule has 1 aliphatic heterocycles. The highest BCUT2D eigenvalue weighted by molar-refractivity contribution is 7.98. The highest BCUT2D eigenvalue weighted by atomic mass is 35.5. The second-order valence-electron chi connectivity index (χ2n) is 12.5. The summed E-state index contributed by atoms with van der Waals surface area (Å²) in [4.78, 5) is 13.1. The predicted molar refractivity (Wildman–Crippen MR) is 190 cm³/mol. The zero-order valence-corrected chi connectivity index (χ0v) is 29.0. The summed E-state index contributed by atoms with van der Waals surface area (Å²) in [5, 5.41) is 23.2. The molecule has 1 aliphatic rings. The Morgan fingerprint density at radius 3 is 2.56 bits per heavy atom. The third-order valence-corrected chi connectivity index (χ3v) is 10.7. The fraction of sp³-hybridized carbons (Fsp3) is 0.324. The minimum Gasteiger partial charge on any atom is -0.493 e. The molecule has 0 unspecified atom stereocenters. The molecule has 3 aromatic carbocycles. The summed E-state index contributed by atoms with van der Waals surface area (Å²) in [5.74, 6) is 0.808. The van der Waals surface area contributed by atoms with Crippen LogP contribution in [0.25, 0.3) is 32.8 Å². The molecule has 0 spiro atoms. The molecule has 0 saturated carbocycles. The fourth-order valence-electron chi connectivity index (χ4n) is 7.13. The average molecular weight is 686 g/mol. The number of thioether (sulfide) groups is 1. The zero-order valence-electron chi connectivity index (χ0n) is 27.4. The summed E-state index contributed by atoms with van der Waals surface area (Å²) < 4.78 is 26.4. The molecule has 7 rings (SSSR count). The summed E-state index contributed by atoms with van der Waals surface area (Å²) in [6.07, 6.45) is 2.62. The Hall–Kier alpha value is -4.28. The summed E-state index contributed by atoms with van der Waals surface area (Å²) >= 11 is 8.70. The van der Waals surface area contributed by atoms with E-state index in [1.165, 1.54) is 6.07 Å². The van der Waals surface area contributed by atoms with Crippen LogP contribution < -0.4 is 4.74 Å². The fourth-order valence-corrected chi connectivity index (χ4v) is 8.18. The van der Waals surface area contributed by atoms with E-state index in [0.717, 1.165) is 79.5 Å². The summed E-state index contributed by atoms with van der Waals surface area (Å²) in [5.41, 5.74) is 8.50. The molecule has 48 heavy (non-hydrogen) atoms. The molecule has 4 heterocycles. The van der Waals surface area contributed by atoms with E-state index in [0.29, 0.717) is 48.3 Å². The van der Waals surface area contributed by atoms with E-state index in [-0.39, 0.29) is 11.5 Å². The number of ether oxygens (including phenoxy) is 1. The second-order valence-corrected chi connectivity index (χ2v) is 14.0. The summed E-state index contributed by atoms with van der Waals surface area (Å²) in [6, 6.07) is 14.8. The van der Waals surface area contributed by atoms with Crippen molar-refractivity contribution >= 4 is 51.0 Å². The normalized spacial score (nSPS) is 14.5. The molecule has 0 radical (unpaired) electrons. The first-order chi connectivity index (χ1) is 23.1. The zero-order chi connectivity index (χ0) is 33.7. The monoisotopic (exact) mass is 685 g/mol. The number of fused-ring (bicyclic) bond motifs is 11. The Labute approximate surface area is 287 Å². The predicted octanol–water partition coefficient (Wildman–Crippen LogP) is 8.08. The van der Waals surface area contributed by atoms with Crippen LogP contribution in [0.3, 0.4) is 0 Å². The molecule has 3 aromatic heterocycles. The lowest BCUT2D eigenvalue weighted by Crippen LogP contribution is -2.13. The van der Waals surface area contributed by atoms with Gasteiger partial charge in [0, 0.05) is 65.4 Å². The van der Waals surface area contributed by atoms with Gasteiger partial charge in [-0.1, -0.05) is 23.7 Å². The minimum absolute atomic E-state index is 0.272. The van der Waals surface area contributed by atoms with E-state index >= 15 is 0 Å². The van der Waals surface area contributed by atoms with Crippen LogP contribution in [-0.2, 0) is 45.7 Å². The number of aromatic nitrogens is 5. The van der Waals surface area contributed by atoms with Crippen LogP contribution >= 0.6 is 23.4 Å². The van der Waals surface area contributed by atoms with Crippen molar-refractivity contribution in [3.63, 3.8) is 0 Å². The van der Waals surface area contributed by atoms with E-state index in [9.17, 15) is 14.3 Å². The molecule has 0 fully saturated rings. The largest absolute Gasteiger partial charge is 0.493 e. The van der Waals surface area contributed by atoms with Gasteiger partial charge >= 0.3 is 5.97 Å². The van der Waals surface area contributed by atoms with Crippen molar-refractivity contribution in [2.24, 2.45) is 14.1 Å². The van der Waals surface area contributed by atoms with Crippen LogP contribution in [0.2, 0.25) is 5.02 Å². The first-order valence-corrected chi connectivity index (χ1v) is 17.7. The maximum atomic E-state index is 14.3. The molecular formula is C37H37ClFN5O3S. The number of carboxylic acid groups (broad SMARTS) is 1. The Morgan fingerprint density at radius 2 is 1.79 bits per heavy atom. The van der Waals surface area contributed by atoms with Crippen LogP contribution in [0, 0.1) is 19.7 Å². The number of rotatable bonds is 2. The van der Waals surface area contributed by atoms with E-state index in [1.54, 1.807) is 23.9 Å². The molecule has 6 aromatic rings. The Kier molecular flexibility index (Phi) is 8.72. The smallest absolute Gasteiger partial charge is 0.352 e. The second kappa shape index (κ2) is 13.0. The van der Waals surface area contributed by atoms with Gasteiger partial charge in [-0.25, -0.2) is 9.18 Å². The maximum absolute atomic E-state index is 14.3. The van der Waals surface area contributed by atoms with E-state index in [4.69, 9.17) is 21.4 Å². The SMILES string of the molecule is Cc1nn(C)c(C)c1-c1c(Cl)ccc2c3c(C(=O)O)n(c12)CCSCc1cc(n(C)n1)CCc1cc(c2ccc(F)cc2c1)OCCC3. The Balaban J connectivity index is 1.36. The van der Waals surface area contributed by atoms with Crippen molar-refractivity contribution in [1.82, 2.24) is 24.1 Å². The highest BCUT2D eigenvalue weighted by Gasteiger charge is 2.28. The molecular weight excluding hydrogens is 649 g/mol. The molecule has 0 aliphatic carbocycles. The Morgan fingerprint density at radius 1 is 0.979 bits per heavy atom. The number of carboxylic acids is 1. The van der Waals surface area contributed by atoms with Crippen LogP contribution in [0.15, 0.2) is 48.5 Å². The van der Waals surface area contributed by atoms with E-state index in [1.807, 2.05) is 66.1 Å². The third-order valence-electron chi connectivity index (χ3n) is 9.41. The lowest BCUT2D eigenvalue weighted by atomic mass is 9.98. The lowest BCUT2D eigenvalue weighted by Gasteiger charge is -2.14. The maximum Gasteiger partial charge on any atom is 0.352 e. The topological polar surface area (TPSA) is 87.1 Å². The first-order valence-electron chi connectivity index (χ1n) is 16.1. The average Bonchev–Trinajstić information content (AvgIpc) is 3.65. The van der Waals surface area contributed by atoms with Gasteiger partial charge in [-0.05, 0) is 92.4 Å². The number of nitrogens with zero attached hydrogens (tertiary/aromatic N) is 5. The molecule has 0 saturated heterocycles. The van der Waals surface area contributed by atoms with Gasteiger partial charge in [-0.15, -0.1) is 0 Å². The van der Waals surface area contributed by atoms with E-state index in [2.05, 4.69) is 11.2 Å². The standard InChI is InChI=1S/C37H37ClFN5O3S/c1-21-33(22(2)42(3)40-21)34-31(38)12-11-30-29-6-5-14-47-32-17-23(16-24-18-25(39)8-10-28(24)32)7-9-27-19-26(41-43(27)4)20-48-15-13-44(35(30)34)36(29)37(45)46/h8,10-12,16-19H,5-7,9,13-15,20H2,1-4H3,(H,45,46). The molecule has 1 N–H and O–H groups in total. The van der Waals surface area contributed by atoms with Gasteiger partial charge in [-0.2, -0.15) is 22.0 Å². The summed E-state index contributed by atoms with van der Waals surface area (Å²) in [7, 11) is 3.86. The Bertz CT molecular complexity index is 2220. The van der Waals surface area contributed by atoms with Crippen molar-refractivity contribution in [2.45, 2.75) is 51.8 Å². The van der Waals surface area contributed by atoms with Crippen LogP contribution in [0.4, 0.5) is 4.39 Å². The molecule has 8 nitrogen and oxygen atoms in total. The van der Waals surface area contributed by atoms with Gasteiger partial charge in [0.15, 0.2) is 0 Å². The van der Waals surface area contributed by atoms with Gasteiger partial charge in [0.2, 0.25) is 0 Å². The molecule has 11 heteroatoms. The lowest BCUT2D eigenvalue weighted by molar-refractivity contribution is 0.0684. The first kappa shape index (κ1) is 32.3. The number of benzene rings is 3. The number of carbonyl (C=O) groups is 1. The quantitative estimate of drug-likeness (QED) is 0.198. The highest BCUT2D eigenvalue weighted by Crippen LogP contribution is 2.42. The van der Waals surface area contributed by atoms with Crippen molar-refractivity contribution in [1.29, 1.82) is 0 Å². The van der Waals surface area contributed by atoms with Gasteiger partial charge in [0.05, 0.1) is 28.5 Å². The van der Waals surface area contributed by atoms with Crippen molar-refractivity contribution < 1.29 is 19.0 Å². The number of aryl methyl sites for hydroxylation is 7. The number of hydrogen-bond donors (Lipinski definition) is 1. The van der Waals surface area contributed by atoms with Gasteiger partial charge in [-0.3, -0.25) is 9.36 Å². The van der Waals surface area contributed by atoms with Gasteiger partial charge in [0.1, 0.15) is 17.3 Å².